The highest BCUT2D eigenvalue weighted by atomic mass is 32.2. The predicted octanol–water partition coefficient (Wildman–Crippen LogP) is 0.996. The van der Waals surface area contributed by atoms with Gasteiger partial charge < -0.3 is 4.52 Å². The number of hydrogen-bond acceptors (Lipinski definition) is 5. The maximum Gasteiger partial charge on any atom is 0.241 e. The second-order valence-electron chi connectivity index (χ2n) is 3.52. The summed E-state index contributed by atoms with van der Waals surface area (Å²) in [5.41, 5.74) is 0. The first-order valence-corrected chi connectivity index (χ1v) is 6.50. The molecule has 0 saturated carbocycles. The van der Waals surface area contributed by atoms with Gasteiger partial charge >= 0.3 is 0 Å². The lowest BCUT2D eigenvalue weighted by molar-refractivity contribution is 0.372. The van der Waals surface area contributed by atoms with Crippen molar-refractivity contribution in [1.29, 1.82) is 0 Å². The van der Waals surface area contributed by atoms with E-state index < -0.39 is 15.8 Å². The fourth-order valence-electron chi connectivity index (χ4n) is 1.29. The minimum atomic E-state index is -3.79. The summed E-state index contributed by atoms with van der Waals surface area (Å²) in [6.07, 6.45) is 0. The molecule has 0 aliphatic rings. The van der Waals surface area contributed by atoms with E-state index >= 15 is 0 Å². The van der Waals surface area contributed by atoms with E-state index in [-0.39, 0.29) is 17.3 Å². The molecule has 0 radical (unpaired) electrons. The van der Waals surface area contributed by atoms with Gasteiger partial charge in [-0.25, -0.2) is 17.5 Å². The van der Waals surface area contributed by atoms with Crippen molar-refractivity contribution in [2.24, 2.45) is 0 Å². The van der Waals surface area contributed by atoms with Crippen LogP contribution in [0.3, 0.4) is 0 Å². The minimum Gasteiger partial charge on any atom is -0.338 e. The molecule has 1 heterocycles. The van der Waals surface area contributed by atoms with Gasteiger partial charge in [-0.2, -0.15) is 4.98 Å². The Hall–Kier alpha value is -1.80. The van der Waals surface area contributed by atoms with Crippen molar-refractivity contribution in [3.63, 3.8) is 0 Å². The third-order valence-corrected chi connectivity index (χ3v) is 3.49. The summed E-state index contributed by atoms with van der Waals surface area (Å²) in [6.45, 7) is 1.48. The number of benzene rings is 1. The lowest BCUT2D eigenvalue weighted by atomic mass is 10.4. The molecular formula is C10H10FN3O3S. The molecule has 8 heteroatoms. The van der Waals surface area contributed by atoms with Gasteiger partial charge in [0.05, 0.1) is 11.4 Å². The molecule has 0 aliphatic heterocycles. The summed E-state index contributed by atoms with van der Waals surface area (Å²) in [4.78, 5) is 3.69. The van der Waals surface area contributed by atoms with Crippen LogP contribution in [0.25, 0.3) is 0 Å². The van der Waals surface area contributed by atoms with Gasteiger partial charge in [0.25, 0.3) is 0 Å². The first-order valence-electron chi connectivity index (χ1n) is 5.02. The Bertz CT molecular complexity index is 654. The summed E-state index contributed by atoms with van der Waals surface area (Å²) >= 11 is 0. The van der Waals surface area contributed by atoms with E-state index in [1.165, 1.54) is 18.2 Å². The SMILES string of the molecule is Cc1noc(CNS(=O)(=O)c2cccc(F)c2)n1. The van der Waals surface area contributed by atoms with Gasteiger partial charge in [0.2, 0.25) is 15.9 Å². The maximum absolute atomic E-state index is 12.9. The largest absolute Gasteiger partial charge is 0.338 e. The zero-order valence-corrected chi connectivity index (χ0v) is 10.2. The van der Waals surface area contributed by atoms with Crippen molar-refractivity contribution < 1.29 is 17.3 Å². The Morgan fingerprint density at radius 2 is 2.22 bits per heavy atom. The van der Waals surface area contributed by atoms with Crippen LogP contribution in [0.4, 0.5) is 4.39 Å². The number of aromatic nitrogens is 2. The molecule has 0 aliphatic carbocycles. The number of aryl methyl sites for hydroxylation is 1. The molecule has 0 amide bonds. The Balaban J connectivity index is 2.13. The number of nitrogens with zero attached hydrogens (tertiary/aromatic N) is 2. The fraction of sp³-hybridized carbons (Fsp3) is 0.200. The monoisotopic (exact) mass is 271 g/mol. The number of halogens is 1. The van der Waals surface area contributed by atoms with Crippen LogP contribution in [0.2, 0.25) is 0 Å². The van der Waals surface area contributed by atoms with E-state index in [1.807, 2.05) is 0 Å². The van der Waals surface area contributed by atoms with Gasteiger partial charge in [0.1, 0.15) is 5.82 Å². The molecule has 1 N–H and O–H groups in total. The highest BCUT2D eigenvalue weighted by Gasteiger charge is 2.15. The van der Waals surface area contributed by atoms with Crippen LogP contribution < -0.4 is 4.72 Å². The van der Waals surface area contributed by atoms with Crippen molar-refractivity contribution in [1.82, 2.24) is 14.9 Å². The summed E-state index contributed by atoms with van der Waals surface area (Å²) < 4.78 is 43.5. The van der Waals surface area contributed by atoms with Crippen LogP contribution in [0.1, 0.15) is 11.7 Å². The molecule has 1 aromatic carbocycles. The van der Waals surface area contributed by atoms with Crippen molar-refractivity contribution in [2.45, 2.75) is 18.4 Å². The molecule has 0 unspecified atom stereocenters. The smallest absolute Gasteiger partial charge is 0.241 e. The molecule has 0 saturated heterocycles. The average molecular weight is 271 g/mol. The van der Waals surface area contributed by atoms with Crippen LogP contribution >= 0.6 is 0 Å². The Labute approximate surface area is 103 Å². The second kappa shape index (κ2) is 4.83. The molecule has 18 heavy (non-hydrogen) atoms. The molecule has 1 aromatic heterocycles. The second-order valence-corrected chi connectivity index (χ2v) is 5.28. The van der Waals surface area contributed by atoms with Gasteiger partial charge in [-0.05, 0) is 25.1 Å². The van der Waals surface area contributed by atoms with Crippen molar-refractivity contribution in [3.05, 3.63) is 41.8 Å². The lowest BCUT2D eigenvalue weighted by Crippen LogP contribution is -2.23. The van der Waals surface area contributed by atoms with Crippen LogP contribution in [0.15, 0.2) is 33.7 Å². The maximum atomic E-state index is 12.9. The number of rotatable bonds is 4. The quantitative estimate of drug-likeness (QED) is 0.896. The molecular weight excluding hydrogens is 261 g/mol. The van der Waals surface area contributed by atoms with E-state index in [2.05, 4.69) is 14.9 Å². The van der Waals surface area contributed by atoms with Crippen LogP contribution in [0, 0.1) is 12.7 Å². The van der Waals surface area contributed by atoms with E-state index in [9.17, 15) is 12.8 Å². The lowest BCUT2D eigenvalue weighted by Gasteiger charge is -2.04. The van der Waals surface area contributed by atoms with E-state index in [0.29, 0.717) is 5.82 Å². The van der Waals surface area contributed by atoms with Gasteiger partial charge in [0.15, 0.2) is 5.82 Å². The van der Waals surface area contributed by atoms with E-state index in [1.54, 1.807) is 6.92 Å². The highest BCUT2D eigenvalue weighted by molar-refractivity contribution is 7.89. The van der Waals surface area contributed by atoms with Crippen molar-refractivity contribution in [2.75, 3.05) is 0 Å². The van der Waals surface area contributed by atoms with Gasteiger partial charge in [-0.15, -0.1) is 0 Å². The third-order valence-electron chi connectivity index (χ3n) is 2.09. The summed E-state index contributed by atoms with van der Waals surface area (Å²) in [7, 11) is -3.79. The molecule has 0 fully saturated rings. The van der Waals surface area contributed by atoms with Gasteiger partial charge in [-0.1, -0.05) is 11.2 Å². The zero-order chi connectivity index (χ0) is 13.2. The molecule has 0 atom stereocenters. The summed E-state index contributed by atoms with van der Waals surface area (Å²) in [5, 5.41) is 3.52. The van der Waals surface area contributed by atoms with Crippen LogP contribution in [-0.4, -0.2) is 18.6 Å². The van der Waals surface area contributed by atoms with Gasteiger partial charge in [0, 0.05) is 0 Å². The zero-order valence-electron chi connectivity index (χ0n) is 9.42. The Kier molecular flexibility index (Phi) is 3.39. The fourth-order valence-corrected chi connectivity index (χ4v) is 2.29. The molecule has 0 bridgehead atoms. The number of hydrogen-bond donors (Lipinski definition) is 1. The highest BCUT2D eigenvalue weighted by Crippen LogP contribution is 2.10. The summed E-state index contributed by atoms with van der Waals surface area (Å²) in [5.74, 6) is -0.0612. The molecule has 2 rings (SSSR count). The topological polar surface area (TPSA) is 85.1 Å². The normalized spacial score (nSPS) is 11.7. The van der Waals surface area contributed by atoms with Crippen LogP contribution in [-0.2, 0) is 16.6 Å². The minimum absolute atomic E-state index is 0.139. The van der Waals surface area contributed by atoms with Gasteiger partial charge in [-0.3, -0.25) is 0 Å². The molecule has 2 aromatic rings. The number of sulfonamides is 1. The van der Waals surface area contributed by atoms with E-state index in [0.717, 1.165) is 6.07 Å². The summed E-state index contributed by atoms with van der Waals surface area (Å²) in [6, 6.07) is 4.72. The van der Waals surface area contributed by atoms with Crippen molar-refractivity contribution >= 4 is 10.0 Å². The first kappa shape index (κ1) is 12.7. The molecule has 96 valence electrons. The first-order chi connectivity index (χ1) is 8.47. The number of nitrogens with one attached hydrogen (secondary N) is 1. The van der Waals surface area contributed by atoms with E-state index in [4.69, 9.17) is 4.52 Å². The Morgan fingerprint density at radius 1 is 1.44 bits per heavy atom. The predicted molar refractivity (Wildman–Crippen MR) is 59.5 cm³/mol. The van der Waals surface area contributed by atoms with Crippen molar-refractivity contribution in [3.8, 4) is 0 Å². The van der Waals surface area contributed by atoms with Crippen LogP contribution in [0.5, 0.6) is 0 Å². The average Bonchev–Trinajstić information content (AvgIpc) is 2.73. The third kappa shape index (κ3) is 2.90. The molecule has 0 spiro atoms. The molecule has 6 nitrogen and oxygen atoms in total. The standard InChI is InChI=1S/C10H10FN3O3S/c1-7-13-10(17-14-7)6-12-18(15,16)9-4-2-3-8(11)5-9/h2-5,12H,6H2,1H3. The Morgan fingerprint density at radius 3 is 2.83 bits per heavy atom.